The molecular weight excluding hydrogens is 150 g/mol. The van der Waals surface area contributed by atoms with Gasteiger partial charge in [-0.3, -0.25) is 0 Å². The molecule has 1 aliphatic carbocycles. The zero-order valence-corrected chi connectivity index (χ0v) is 8.25. The molecule has 0 saturated heterocycles. The smallest absolute Gasteiger partial charge is 0.0747 e. The van der Waals surface area contributed by atoms with Crippen LogP contribution in [0, 0.1) is 5.92 Å². The summed E-state index contributed by atoms with van der Waals surface area (Å²) < 4.78 is 5.43. The van der Waals surface area contributed by atoms with Crippen molar-refractivity contribution in [3.05, 3.63) is 0 Å². The molecule has 1 saturated carbocycles. The Labute approximate surface area is 75.5 Å². The van der Waals surface area contributed by atoms with Crippen LogP contribution >= 0.6 is 0 Å². The first-order chi connectivity index (χ1) is 5.75. The molecule has 1 unspecified atom stereocenters. The van der Waals surface area contributed by atoms with Gasteiger partial charge in [0.25, 0.3) is 0 Å². The lowest BCUT2D eigenvalue weighted by atomic mass is 9.83. The molecule has 0 aliphatic heterocycles. The first kappa shape index (κ1) is 10.0. The van der Waals surface area contributed by atoms with Gasteiger partial charge in [-0.05, 0) is 25.7 Å². The standard InChI is InChI=1S/C10H21NO/c1-8(11)10(12-2)9-6-4-3-5-7-9/h8-10H,3-7,11H2,1-2H3/t8-,10?/m1/s1. The lowest BCUT2D eigenvalue weighted by Crippen LogP contribution is -2.40. The molecule has 2 atom stereocenters. The van der Waals surface area contributed by atoms with E-state index in [0.29, 0.717) is 5.92 Å². The van der Waals surface area contributed by atoms with E-state index in [1.807, 2.05) is 6.92 Å². The number of hydrogen-bond donors (Lipinski definition) is 1. The summed E-state index contributed by atoms with van der Waals surface area (Å²) in [5.41, 5.74) is 5.85. The minimum atomic E-state index is 0.179. The van der Waals surface area contributed by atoms with Gasteiger partial charge >= 0.3 is 0 Å². The van der Waals surface area contributed by atoms with Crippen LogP contribution in [0.5, 0.6) is 0 Å². The van der Waals surface area contributed by atoms with Crippen LogP contribution in [0.15, 0.2) is 0 Å². The Bertz CT molecular complexity index is 119. The summed E-state index contributed by atoms with van der Waals surface area (Å²) in [5, 5.41) is 0. The van der Waals surface area contributed by atoms with Gasteiger partial charge in [0.05, 0.1) is 6.10 Å². The van der Waals surface area contributed by atoms with E-state index in [9.17, 15) is 0 Å². The van der Waals surface area contributed by atoms with Crippen molar-refractivity contribution in [2.45, 2.75) is 51.2 Å². The molecule has 72 valence electrons. The largest absolute Gasteiger partial charge is 0.380 e. The summed E-state index contributed by atoms with van der Waals surface area (Å²) >= 11 is 0. The molecule has 0 radical (unpaired) electrons. The Morgan fingerprint density at radius 2 is 1.83 bits per heavy atom. The maximum absolute atomic E-state index is 5.85. The number of rotatable bonds is 3. The molecule has 12 heavy (non-hydrogen) atoms. The zero-order valence-electron chi connectivity index (χ0n) is 8.25. The quantitative estimate of drug-likeness (QED) is 0.704. The van der Waals surface area contributed by atoms with Crippen molar-refractivity contribution in [3.8, 4) is 0 Å². The van der Waals surface area contributed by atoms with Crippen molar-refractivity contribution in [1.82, 2.24) is 0 Å². The predicted molar refractivity (Wildman–Crippen MR) is 51.0 cm³/mol. The zero-order chi connectivity index (χ0) is 8.97. The third kappa shape index (κ3) is 2.46. The van der Waals surface area contributed by atoms with Gasteiger partial charge < -0.3 is 10.5 Å². The topological polar surface area (TPSA) is 35.2 Å². The van der Waals surface area contributed by atoms with E-state index in [2.05, 4.69) is 0 Å². The molecule has 0 aromatic carbocycles. The minimum absolute atomic E-state index is 0.179. The van der Waals surface area contributed by atoms with Crippen molar-refractivity contribution in [2.24, 2.45) is 11.7 Å². The summed E-state index contributed by atoms with van der Waals surface area (Å²) in [7, 11) is 1.78. The summed E-state index contributed by atoms with van der Waals surface area (Å²) in [6.07, 6.45) is 7.01. The Kier molecular flexibility index (Phi) is 4.02. The second kappa shape index (κ2) is 4.83. The molecule has 0 spiro atoms. The maximum atomic E-state index is 5.85. The van der Waals surface area contributed by atoms with E-state index in [1.54, 1.807) is 7.11 Å². The van der Waals surface area contributed by atoms with Crippen LogP contribution in [-0.4, -0.2) is 19.3 Å². The van der Waals surface area contributed by atoms with Gasteiger partial charge in [0, 0.05) is 13.2 Å². The summed E-state index contributed by atoms with van der Waals surface area (Å²) in [6.45, 7) is 2.04. The lowest BCUT2D eigenvalue weighted by Gasteiger charge is -2.31. The number of ether oxygens (including phenoxy) is 1. The molecule has 0 amide bonds. The number of hydrogen-bond acceptors (Lipinski definition) is 2. The third-order valence-corrected chi connectivity index (χ3v) is 2.90. The third-order valence-electron chi connectivity index (χ3n) is 2.90. The second-order valence-corrected chi connectivity index (χ2v) is 3.96. The first-order valence-electron chi connectivity index (χ1n) is 5.04. The van der Waals surface area contributed by atoms with Crippen molar-refractivity contribution >= 4 is 0 Å². The SMILES string of the molecule is COC(C1CCCCC1)[C@@H](C)N. The first-order valence-corrected chi connectivity index (χ1v) is 5.04. The fourth-order valence-corrected chi connectivity index (χ4v) is 2.30. The van der Waals surface area contributed by atoms with Crippen LogP contribution in [-0.2, 0) is 4.74 Å². The van der Waals surface area contributed by atoms with Gasteiger partial charge in [-0.2, -0.15) is 0 Å². The molecule has 1 rings (SSSR count). The normalized spacial score (nSPS) is 25.2. The van der Waals surface area contributed by atoms with Gasteiger partial charge in [-0.15, -0.1) is 0 Å². The van der Waals surface area contributed by atoms with Crippen LogP contribution in [0.25, 0.3) is 0 Å². The predicted octanol–water partition coefficient (Wildman–Crippen LogP) is 1.93. The lowest BCUT2D eigenvalue weighted by molar-refractivity contribution is 0.0219. The number of methoxy groups -OCH3 is 1. The van der Waals surface area contributed by atoms with E-state index in [0.717, 1.165) is 0 Å². The van der Waals surface area contributed by atoms with Gasteiger partial charge in [0.2, 0.25) is 0 Å². The molecule has 1 fully saturated rings. The highest BCUT2D eigenvalue weighted by Gasteiger charge is 2.25. The van der Waals surface area contributed by atoms with E-state index in [4.69, 9.17) is 10.5 Å². The average molecular weight is 171 g/mol. The van der Waals surface area contributed by atoms with Crippen molar-refractivity contribution in [1.29, 1.82) is 0 Å². The van der Waals surface area contributed by atoms with Crippen molar-refractivity contribution in [3.63, 3.8) is 0 Å². The molecule has 2 heteroatoms. The van der Waals surface area contributed by atoms with E-state index in [-0.39, 0.29) is 12.1 Å². The minimum Gasteiger partial charge on any atom is -0.380 e. The fraction of sp³-hybridized carbons (Fsp3) is 1.00. The van der Waals surface area contributed by atoms with E-state index < -0.39 is 0 Å². The number of nitrogens with two attached hydrogens (primary N) is 1. The van der Waals surface area contributed by atoms with Crippen LogP contribution in [0.2, 0.25) is 0 Å². The van der Waals surface area contributed by atoms with Crippen LogP contribution in [0.3, 0.4) is 0 Å². The molecule has 0 aromatic rings. The Morgan fingerprint density at radius 3 is 2.25 bits per heavy atom. The highest BCUT2D eigenvalue weighted by molar-refractivity contribution is 4.79. The second-order valence-electron chi connectivity index (χ2n) is 3.96. The van der Waals surface area contributed by atoms with Gasteiger partial charge in [0.15, 0.2) is 0 Å². The molecular formula is C10H21NO. The van der Waals surface area contributed by atoms with Crippen LogP contribution in [0.1, 0.15) is 39.0 Å². The Hall–Kier alpha value is -0.0800. The molecule has 0 heterocycles. The van der Waals surface area contributed by atoms with Gasteiger partial charge in [0.1, 0.15) is 0 Å². The highest BCUT2D eigenvalue weighted by Crippen LogP contribution is 2.28. The molecule has 0 bridgehead atoms. The average Bonchev–Trinajstić information content (AvgIpc) is 2.07. The summed E-state index contributed by atoms with van der Waals surface area (Å²) in [6, 6.07) is 0.179. The van der Waals surface area contributed by atoms with Crippen molar-refractivity contribution < 1.29 is 4.74 Å². The van der Waals surface area contributed by atoms with E-state index >= 15 is 0 Å². The Balaban J connectivity index is 2.40. The van der Waals surface area contributed by atoms with Crippen molar-refractivity contribution in [2.75, 3.05) is 7.11 Å². The molecule has 2 nitrogen and oxygen atoms in total. The fourth-order valence-electron chi connectivity index (χ4n) is 2.30. The maximum Gasteiger partial charge on any atom is 0.0747 e. The monoisotopic (exact) mass is 171 g/mol. The van der Waals surface area contributed by atoms with E-state index in [1.165, 1.54) is 32.1 Å². The van der Waals surface area contributed by atoms with Crippen LogP contribution in [0.4, 0.5) is 0 Å². The highest BCUT2D eigenvalue weighted by atomic mass is 16.5. The molecule has 0 aromatic heterocycles. The summed E-state index contributed by atoms with van der Waals surface area (Å²) in [5.74, 6) is 0.712. The Morgan fingerprint density at radius 1 is 1.25 bits per heavy atom. The molecule has 1 aliphatic rings. The van der Waals surface area contributed by atoms with Gasteiger partial charge in [-0.1, -0.05) is 19.3 Å². The van der Waals surface area contributed by atoms with Gasteiger partial charge in [-0.25, -0.2) is 0 Å². The van der Waals surface area contributed by atoms with Crippen LogP contribution < -0.4 is 5.73 Å². The molecule has 2 N–H and O–H groups in total. The summed E-state index contributed by atoms with van der Waals surface area (Å²) in [4.78, 5) is 0.